The van der Waals surface area contributed by atoms with Gasteiger partial charge in [0, 0.05) is 31.6 Å². The summed E-state index contributed by atoms with van der Waals surface area (Å²) >= 11 is 0. The van der Waals surface area contributed by atoms with Crippen LogP contribution in [0.15, 0.2) is 12.1 Å². The molecule has 1 N–H and O–H groups in total. The van der Waals surface area contributed by atoms with Crippen molar-refractivity contribution < 1.29 is 22.8 Å². The van der Waals surface area contributed by atoms with Gasteiger partial charge < -0.3 is 10.2 Å². The number of rotatable bonds is 5. The standard InChI is InChI=1S/C15H17F3N2O2/c16-11-5-4-10(14(17)15(11)18)9-12(21)19-6-8-20-7-2-1-3-13(20)22/h4-5H,1-3,6-9H2,(H,19,21). The molecular formula is C15H17F3N2O2. The van der Waals surface area contributed by atoms with Gasteiger partial charge in [-0.3, -0.25) is 9.59 Å². The molecular weight excluding hydrogens is 297 g/mol. The van der Waals surface area contributed by atoms with Crippen molar-refractivity contribution in [1.29, 1.82) is 0 Å². The molecule has 7 heteroatoms. The van der Waals surface area contributed by atoms with Crippen LogP contribution in [0.2, 0.25) is 0 Å². The number of hydrogen-bond donors (Lipinski definition) is 1. The molecule has 1 heterocycles. The highest BCUT2D eigenvalue weighted by Gasteiger charge is 2.18. The van der Waals surface area contributed by atoms with E-state index < -0.39 is 23.4 Å². The van der Waals surface area contributed by atoms with Gasteiger partial charge in [-0.15, -0.1) is 0 Å². The molecule has 0 spiro atoms. The van der Waals surface area contributed by atoms with Crippen LogP contribution >= 0.6 is 0 Å². The Balaban J connectivity index is 1.81. The Morgan fingerprint density at radius 2 is 1.95 bits per heavy atom. The number of halogens is 3. The number of hydrogen-bond acceptors (Lipinski definition) is 2. The molecule has 1 aliphatic rings. The highest BCUT2D eigenvalue weighted by molar-refractivity contribution is 5.79. The molecule has 0 bridgehead atoms. The Labute approximate surface area is 126 Å². The van der Waals surface area contributed by atoms with E-state index in [0.717, 1.165) is 25.0 Å². The Bertz CT molecular complexity index is 578. The third-order valence-corrected chi connectivity index (χ3v) is 3.59. The molecule has 1 aromatic rings. The second-order valence-electron chi connectivity index (χ2n) is 5.20. The first-order chi connectivity index (χ1) is 10.5. The summed E-state index contributed by atoms with van der Waals surface area (Å²) < 4.78 is 39.3. The van der Waals surface area contributed by atoms with Gasteiger partial charge >= 0.3 is 0 Å². The summed E-state index contributed by atoms with van der Waals surface area (Å²) in [5, 5.41) is 2.54. The van der Waals surface area contributed by atoms with Gasteiger partial charge in [-0.1, -0.05) is 6.07 Å². The van der Waals surface area contributed by atoms with Crippen molar-refractivity contribution in [3.8, 4) is 0 Å². The van der Waals surface area contributed by atoms with Crippen LogP contribution in [0.25, 0.3) is 0 Å². The minimum atomic E-state index is -1.58. The highest BCUT2D eigenvalue weighted by atomic mass is 19.2. The fraction of sp³-hybridized carbons (Fsp3) is 0.467. The molecule has 1 saturated heterocycles. The summed E-state index contributed by atoms with van der Waals surface area (Å²) in [5.74, 6) is -4.66. The summed E-state index contributed by atoms with van der Waals surface area (Å²) in [5.41, 5.74) is -0.203. The maximum absolute atomic E-state index is 13.4. The number of carbonyl (C=O) groups is 2. The van der Waals surface area contributed by atoms with Gasteiger partial charge in [-0.25, -0.2) is 13.2 Å². The van der Waals surface area contributed by atoms with Crippen LogP contribution in [-0.2, 0) is 16.0 Å². The van der Waals surface area contributed by atoms with E-state index in [1.807, 2.05) is 0 Å². The quantitative estimate of drug-likeness (QED) is 0.842. The van der Waals surface area contributed by atoms with Crippen molar-refractivity contribution >= 4 is 11.8 Å². The van der Waals surface area contributed by atoms with E-state index in [2.05, 4.69) is 5.32 Å². The van der Waals surface area contributed by atoms with Crippen LogP contribution < -0.4 is 5.32 Å². The van der Waals surface area contributed by atoms with Crippen LogP contribution in [0.1, 0.15) is 24.8 Å². The van der Waals surface area contributed by atoms with E-state index in [4.69, 9.17) is 0 Å². The van der Waals surface area contributed by atoms with Gasteiger partial charge in [-0.2, -0.15) is 0 Å². The first kappa shape index (κ1) is 16.3. The van der Waals surface area contributed by atoms with Gasteiger partial charge in [0.2, 0.25) is 11.8 Å². The maximum Gasteiger partial charge on any atom is 0.224 e. The molecule has 0 saturated carbocycles. The van der Waals surface area contributed by atoms with Crippen molar-refractivity contribution in [1.82, 2.24) is 10.2 Å². The number of benzene rings is 1. The van der Waals surface area contributed by atoms with Crippen LogP contribution in [0.5, 0.6) is 0 Å². The van der Waals surface area contributed by atoms with Gasteiger partial charge in [0.15, 0.2) is 17.5 Å². The first-order valence-electron chi connectivity index (χ1n) is 7.16. The largest absolute Gasteiger partial charge is 0.354 e. The fourth-order valence-electron chi connectivity index (χ4n) is 2.37. The molecule has 1 aliphatic heterocycles. The number of nitrogens with one attached hydrogen (secondary N) is 1. The lowest BCUT2D eigenvalue weighted by Crippen LogP contribution is -2.41. The van der Waals surface area contributed by atoms with E-state index >= 15 is 0 Å². The molecule has 120 valence electrons. The Morgan fingerprint density at radius 3 is 2.68 bits per heavy atom. The van der Waals surface area contributed by atoms with Crippen molar-refractivity contribution in [2.24, 2.45) is 0 Å². The Morgan fingerprint density at radius 1 is 1.18 bits per heavy atom. The zero-order valence-corrected chi connectivity index (χ0v) is 12.0. The average molecular weight is 314 g/mol. The lowest BCUT2D eigenvalue weighted by molar-refractivity contribution is -0.133. The van der Waals surface area contributed by atoms with Crippen molar-refractivity contribution in [2.45, 2.75) is 25.7 Å². The van der Waals surface area contributed by atoms with E-state index in [1.165, 1.54) is 0 Å². The lowest BCUT2D eigenvalue weighted by Gasteiger charge is -2.26. The minimum absolute atomic E-state index is 0.0622. The molecule has 1 aromatic carbocycles. The van der Waals surface area contributed by atoms with Gasteiger partial charge in [0.1, 0.15) is 0 Å². The highest BCUT2D eigenvalue weighted by Crippen LogP contribution is 2.15. The van der Waals surface area contributed by atoms with Gasteiger partial charge in [0.05, 0.1) is 6.42 Å². The molecule has 2 rings (SSSR count). The molecule has 2 amide bonds. The molecule has 4 nitrogen and oxygen atoms in total. The van der Waals surface area contributed by atoms with Gasteiger partial charge in [0.25, 0.3) is 0 Å². The van der Waals surface area contributed by atoms with Crippen molar-refractivity contribution in [2.75, 3.05) is 19.6 Å². The van der Waals surface area contributed by atoms with E-state index in [9.17, 15) is 22.8 Å². The summed E-state index contributed by atoms with van der Waals surface area (Å²) in [6.45, 7) is 1.31. The molecule has 22 heavy (non-hydrogen) atoms. The number of amides is 2. The third kappa shape index (κ3) is 3.99. The van der Waals surface area contributed by atoms with Crippen LogP contribution in [0.4, 0.5) is 13.2 Å². The normalized spacial score (nSPS) is 15.0. The number of piperidine rings is 1. The summed E-state index contributed by atoms with van der Waals surface area (Å²) in [7, 11) is 0. The number of likely N-dealkylation sites (tertiary alicyclic amines) is 1. The molecule has 0 aromatic heterocycles. The average Bonchev–Trinajstić information content (AvgIpc) is 2.50. The second-order valence-corrected chi connectivity index (χ2v) is 5.20. The topological polar surface area (TPSA) is 49.4 Å². The van der Waals surface area contributed by atoms with Crippen LogP contribution in [0, 0.1) is 17.5 Å². The Kier molecular flexibility index (Phi) is 5.41. The monoisotopic (exact) mass is 314 g/mol. The van der Waals surface area contributed by atoms with E-state index in [-0.39, 0.29) is 24.4 Å². The number of carbonyl (C=O) groups excluding carboxylic acids is 2. The molecule has 1 fully saturated rings. The van der Waals surface area contributed by atoms with Crippen molar-refractivity contribution in [3.05, 3.63) is 35.1 Å². The second kappa shape index (κ2) is 7.29. The predicted molar refractivity (Wildman–Crippen MR) is 73.5 cm³/mol. The van der Waals surface area contributed by atoms with Crippen LogP contribution in [0.3, 0.4) is 0 Å². The van der Waals surface area contributed by atoms with E-state index in [0.29, 0.717) is 19.5 Å². The lowest BCUT2D eigenvalue weighted by atomic mass is 10.1. The maximum atomic E-state index is 13.4. The summed E-state index contributed by atoms with van der Waals surface area (Å²) in [6, 6.07) is 1.83. The zero-order chi connectivity index (χ0) is 16.1. The SMILES string of the molecule is O=C(Cc1ccc(F)c(F)c1F)NCCN1CCCCC1=O. The van der Waals surface area contributed by atoms with E-state index in [1.54, 1.807) is 4.90 Å². The van der Waals surface area contributed by atoms with Gasteiger partial charge in [-0.05, 0) is 18.9 Å². The van der Waals surface area contributed by atoms with Crippen LogP contribution in [-0.4, -0.2) is 36.3 Å². The third-order valence-electron chi connectivity index (χ3n) is 3.59. The van der Waals surface area contributed by atoms with Crippen molar-refractivity contribution in [3.63, 3.8) is 0 Å². The molecule has 0 radical (unpaired) electrons. The summed E-state index contributed by atoms with van der Waals surface area (Å²) in [4.78, 5) is 24.9. The predicted octanol–water partition coefficient (Wildman–Crippen LogP) is 1.78. The smallest absolute Gasteiger partial charge is 0.224 e. The molecule has 0 unspecified atom stereocenters. The minimum Gasteiger partial charge on any atom is -0.354 e. The molecule has 0 aliphatic carbocycles. The Hall–Kier alpha value is -2.05. The first-order valence-corrected chi connectivity index (χ1v) is 7.16. The molecule has 0 atom stereocenters. The fourth-order valence-corrected chi connectivity index (χ4v) is 2.37. The zero-order valence-electron chi connectivity index (χ0n) is 12.0. The number of nitrogens with zero attached hydrogens (tertiary/aromatic N) is 1. The summed E-state index contributed by atoms with van der Waals surface area (Å²) in [6.07, 6.45) is 1.97.